The zero-order chi connectivity index (χ0) is 13.9. The van der Waals surface area contributed by atoms with Crippen molar-refractivity contribution < 1.29 is 4.57 Å². The highest BCUT2D eigenvalue weighted by molar-refractivity contribution is 7.59. The van der Waals surface area contributed by atoms with E-state index in [0.717, 1.165) is 11.6 Å². The van der Waals surface area contributed by atoms with Crippen LogP contribution in [0.25, 0.3) is 21.0 Å². The van der Waals surface area contributed by atoms with Gasteiger partial charge in [0.05, 0.1) is 15.5 Å². The number of rotatable bonds is 3. The van der Waals surface area contributed by atoms with E-state index in [-0.39, 0.29) is 0 Å². The smallest absolute Gasteiger partial charge is 0.268 e. The van der Waals surface area contributed by atoms with Crippen LogP contribution >= 0.6 is 11.3 Å². The van der Waals surface area contributed by atoms with Gasteiger partial charge in [-0.3, -0.25) is 0 Å². The quantitative estimate of drug-likeness (QED) is 0.515. The minimum Gasteiger partial charge on any atom is -0.709 e. The van der Waals surface area contributed by atoms with Gasteiger partial charge in [0.1, 0.15) is 6.54 Å². The Kier molecular flexibility index (Phi) is 3.81. The fraction of sp³-hybridized carbons (Fsp3) is 0.118. The molecule has 1 aromatic heterocycles. The van der Waals surface area contributed by atoms with Crippen LogP contribution in [0, 0.1) is 0 Å². The monoisotopic (exact) mass is 297 g/mol. The van der Waals surface area contributed by atoms with Gasteiger partial charge in [0.2, 0.25) is 0 Å². The van der Waals surface area contributed by atoms with Crippen LogP contribution in [-0.4, -0.2) is 0 Å². The Morgan fingerprint density at radius 1 is 0.900 bits per heavy atom. The first-order valence-electron chi connectivity index (χ1n) is 6.65. The second-order valence-corrected chi connectivity index (χ2v) is 5.90. The van der Waals surface area contributed by atoms with E-state index in [2.05, 4.69) is 60.0 Å². The highest BCUT2D eigenvalue weighted by Crippen LogP contribution is 2.34. The van der Waals surface area contributed by atoms with Crippen molar-refractivity contribution >= 4 is 24.0 Å². The molecule has 0 amide bonds. The molecule has 0 aliphatic rings. The van der Waals surface area contributed by atoms with E-state index in [1.54, 1.807) is 11.3 Å². The van der Waals surface area contributed by atoms with E-state index >= 15 is 0 Å². The summed E-state index contributed by atoms with van der Waals surface area (Å²) in [5.41, 5.74) is 2.43. The number of thiazole rings is 1. The van der Waals surface area contributed by atoms with E-state index in [0.29, 0.717) is 0 Å². The lowest BCUT2D eigenvalue weighted by Crippen LogP contribution is -2.35. The fourth-order valence-corrected chi connectivity index (χ4v) is 4.02. The molecule has 1 nitrogen and oxygen atoms in total. The van der Waals surface area contributed by atoms with Crippen LogP contribution < -0.4 is 4.57 Å². The lowest BCUT2D eigenvalue weighted by molar-refractivity contribution is -0.713. The van der Waals surface area contributed by atoms with Gasteiger partial charge in [-0.2, -0.15) is 0 Å². The molecule has 0 aliphatic heterocycles. The third-order valence-corrected chi connectivity index (χ3v) is 5.09. The van der Waals surface area contributed by atoms with Gasteiger partial charge in [-0.05, 0) is 24.6 Å². The Bertz CT molecular complexity index is 703. The van der Waals surface area contributed by atoms with Crippen LogP contribution in [0.1, 0.15) is 6.92 Å². The summed E-state index contributed by atoms with van der Waals surface area (Å²) in [7, 11) is 0. The molecule has 0 unspecified atom stereocenters. The van der Waals surface area contributed by atoms with Gasteiger partial charge >= 0.3 is 0 Å². The molecule has 0 saturated heterocycles. The van der Waals surface area contributed by atoms with Gasteiger partial charge in [-0.25, -0.2) is 4.57 Å². The summed E-state index contributed by atoms with van der Waals surface area (Å²) in [6, 6.07) is 20.9. The molecule has 0 N–H and O–H groups in total. The maximum Gasteiger partial charge on any atom is 0.268 e. The lowest BCUT2D eigenvalue weighted by Gasteiger charge is -2.04. The second-order valence-electron chi connectivity index (χ2n) is 4.52. The zero-order valence-electron chi connectivity index (χ0n) is 11.2. The van der Waals surface area contributed by atoms with Gasteiger partial charge < -0.3 is 12.6 Å². The maximum atomic E-state index is 5.67. The van der Waals surface area contributed by atoms with E-state index in [9.17, 15) is 0 Å². The predicted octanol–water partition coefficient (Wildman–Crippen LogP) is 4.30. The van der Waals surface area contributed by atoms with Crippen LogP contribution in [0.4, 0.5) is 0 Å². The van der Waals surface area contributed by atoms with Crippen LogP contribution in [0.15, 0.2) is 65.7 Å². The normalized spacial score (nSPS) is 10.7. The lowest BCUT2D eigenvalue weighted by atomic mass is 10.2. The number of aromatic nitrogens is 1. The number of benzene rings is 2. The molecule has 0 aliphatic carbocycles. The molecule has 20 heavy (non-hydrogen) atoms. The van der Waals surface area contributed by atoms with Crippen molar-refractivity contribution in [2.75, 3.05) is 0 Å². The molecule has 0 bridgehead atoms. The molecule has 0 spiro atoms. The van der Waals surface area contributed by atoms with E-state index < -0.39 is 0 Å². The van der Waals surface area contributed by atoms with Gasteiger partial charge in [-0.1, -0.05) is 59.9 Å². The Labute approximate surface area is 129 Å². The van der Waals surface area contributed by atoms with Crippen molar-refractivity contribution in [2.24, 2.45) is 0 Å². The molecule has 0 saturated carbocycles. The zero-order valence-corrected chi connectivity index (χ0v) is 12.9. The average Bonchev–Trinajstić information content (AvgIpc) is 2.86. The summed E-state index contributed by atoms with van der Waals surface area (Å²) in [5.74, 6) is 0. The van der Waals surface area contributed by atoms with Crippen LogP contribution in [0.3, 0.4) is 0 Å². The largest absolute Gasteiger partial charge is 0.709 e. The summed E-state index contributed by atoms with van der Waals surface area (Å²) < 4.78 is 2.22. The Morgan fingerprint density at radius 2 is 1.45 bits per heavy atom. The third kappa shape index (κ3) is 2.35. The van der Waals surface area contributed by atoms with E-state index in [1.165, 1.54) is 21.0 Å². The summed E-state index contributed by atoms with van der Waals surface area (Å²) in [6.07, 6.45) is 0. The molecule has 0 radical (unpaired) electrons. The summed E-state index contributed by atoms with van der Waals surface area (Å²) >= 11 is 7.44. The molecule has 3 rings (SSSR count). The molecule has 1 heterocycles. The molecule has 2 aromatic carbocycles. The molecular formula is C17H15NS2. The molecule has 100 valence electrons. The average molecular weight is 297 g/mol. The minimum atomic E-state index is 0.895. The first-order valence-corrected chi connectivity index (χ1v) is 7.88. The Balaban J connectivity index is 2.18. The van der Waals surface area contributed by atoms with Gasteiger partial charge in [0.25, 0.3) is 5.01 Å². The Hall–Kier alpha value is -1.71. The first kappa shape index (κ1) is 13.3. The predicted molar refractivity (Wildman–Crippen MR) is 86.7 cm³/mol. The van der Waals surface area contributed by atoms with Crippen molar-refractivity contribution in [2.45, 2.75) is 18.5 Å². The fourth-order valence-electron chi connectivity index (χ4n) is 2.26. The van der Waals surface area contributed by atoms with Gasteiger partial charge in [0, 0.05) is 0 Å². The molecular weight excluding hydrogens is 282 g/mol. The highest BCUT2D eigenvalue weighted by Gasteiger charge is 2.20. The van der Waals surface area contributed by atoms with Crippen molar-refractivity contribution in [3.63, 3.8) is 0 Å². The van der Waals surface area contributed by atoms with E-state index in [1.807, 2.05) is 12.1 Å². The van der Waals surface area contributed by atoms with Crippen molar-refractivity contribution in [3.05, 3.63) is 60.7 Å². The topological polar surface area (TPSA) is 3.88 Å². The summed E-state index contributed by atoms with van der Waals surface area (Å²) in [6.45, 7) is 3.04. The highest BCUT2D eigenvalue weighted by atomic mass is 32.1. The molecule has 0 atom stereocenters. The number of hydrogen-bond donors (Lipinski definition) is 0. The minimum absolute atomic E-state index is 0.895. The van der Waals surface area contributed by atoms with Gasteiger partial charge in [0.15, 0.2) is 0 Å². The summed E-state index contributed by atoms with van der Waals surface area (Å²) in [4.78, 5) is 1.18. The Morgan fingerprint density at radius 3 is 2.00 bits per heavy atom. The standard InChI is InChI=1S/C17H15NS2/c1-2-18-16(19)15(13-9-5-3-6-10-13)20-17(18)14-11-7-4-8-12-14/h3-12H,2H2,1H3. The van der Waals surface area contributed by atoms with Crippen molar-refractivity contribution in [1.82, 2.24) is 0 Å². The summed E-state index contributed by atoms with van der Waals surface area (Å²) in [5, 5.41) is 2.17. The second kappa shape index (κ2) is 5.73. The van der Waals surface area contributed by atoms with Gasteiger partial charge in [-0.15, -0.1) is 0 Å². The first-order chi connectivity index (χ1) is 9.81. The number of nitrogens with zero attached hydrogens (tertiary/aromatic N) is 1. The SMILES string of the molecule is CC[n+]1c(-c2ccccc2)sc(-c2ccccc2)c1[S-]. The number of hydrogen-bond acceptors (Lipinski definition) is 2. The van der Waals surface area contributed by atoms with Crippen LogP contribution in [0.2, 0.25) is 0 Å². The molecule has 0 fully saturated rings. The molecule has 3 heteroatoms. The van der Waals surface area contributed by atoms with Crippen molar-refractivity contribution in [1.29, 1.82) is 0 Å². The van der Waals surface area contributed by atoms with Crippen LogP contribution in [0.5, 0.6) is 0 Å². The molecule has 3 aromatic rings. The maximum absolute atomic E-state index is 5.67. The third-order valence-electron chi connectivity index (χ3n) is 3.26. The van der Waals surface area contributed by atoms with E-state index in [4.69, 9.17) is 12.6 Å². The van der Waals surface area contributed by atoms with Crippen LogP contribution in [-0.2, 0) is 19.2 Å². The van der Waals surface area contributed by atoms with Crippen molar-refractivity contribution in [3.8, 4) is 21.0 Å².